The largest absolute Gasteiger partial charge is 0.497 e. The van der Waals surface area contributed by atoms with Crippen molar-refractivity contribution in [3.05, 3.63) is 58.1 Å². The zero-order valence-electron chi connectivity index (χ0n) is 13.3. The van der Waals surface area contributed by atoms with Crippen LogP contribution >= 0.6 is 11.6 Å². The van der Waals surface area contributed by atoms with Crippen LogP contribution in [0.2, 0.25) is 5.02 Å². The lowest BCUT2D eigenvalue weighted by molar-refractivity contribution is 0.0512. The van der Waals surface area contributed by atoms with Crippen LogP contribution in [0.15, 0.2) is 41.6 Å². The second-order valence-corrected chi connectivity index (χ2v) is 5.72. The minimum atomic E-state index is -0.608. The molecule has 24 heavy (non-hydrogen) atoms. The summed E-state index contributed by atoms with van der Waals surface area (Å²) in [5.41, 5.74) is 3.08. The molecule has 0 aliphatic heterocycles. The van der Waals surface area contributed by atoms with E-state index in [1.807, 2.05) is 18.2 Å². The van der Waals surface area contributed by atoms with Crippen molar-refractivity contribution in [2.75, 3.05) is 14.2 Å². The number of benzene rings is 2. The summed E-state index contributed by atoms with van der Waals surface area (Å²) < 4.78 is 10.4. The fourth-order valence-corrected chi connectivity index (χ4v) is 2.83. The van der Waals surface area contributed by atoms with Crippen molar-refractivity contribution in [2.45, 2.75) is 12.8 Å². The van der Waals surface area contributed by atoms with Crippen LogP contribution in [0, 0.1) is 0 Å². The molecule has 124 valence electrons. The molecule has 0 radical (unpaired) electrons. The molecule has 3 rings (SSSR count). The molecular weight excluding hydrogens is 330 g/mol. The average molecular weight is 346 g/mol. The normalized spacial score (nSPS) is 14.4. The lowest BCUT2D eigenvalue weighted by Gasteiger charge is -2.07. The number of hydrogen-bond donors (Lipinski definition) is 0. The van der Waals surface area contributed by atoms with Gasteiger partial charge in [-0.05, 0) is 54.8 Å². The van der Waals surface area contributed by atoms with Crippen LogP contribution in [-0.4, -0.2) is 25.9 Å². The van der Waals surface area contributed by atoms with E-state index < -0.39 is 5.97 Å². The lowest BCUT2D eigenvalue weighted by atomic mass is 10.1. The Bertz CT molecular complexity index is 817. The molecule has 1 aliphatic rings. The molecule has 0 fully saturated rings. The molecule has 0 atom stereocenters. The number of halogens is 1. The lowest BCUT2D eigenvalue weighted by Crippen LogP contribution is -2.06. The van der Waals surface area contributed by atoms with Gasteiger partial charge in [0.05, 0.1) is 19.9 Å². The number of carbonyl (C=O) groups is 1. The summed E-state index contributed by atoms with van der Waals surface area (Å²) in [7, 11) is 3.11. The molecule has 5 nitrogen and oxygen atoms in total. The van der Waals surface area contributed by atoms with Crippen molar-refractivity contribution < 1.29 is 19.1 Å². The van der Waals surface area contributed by atoms with Crippen molar-refractivity contribution in [1.29, 1.82) is 0 Å². The molecule has 1 aliphatic carbocycles. The summed E-state index contributed by atoms with van der Waals surface area (Å²) in [5, 5.41) is 4.45. The Hall–Kier alpha value is -2.53. The number of nitrogens with zero attached hydrogens (tertiary/aromatic N) is 1. The summed E-state index contributed by atoms with van der Waals surface area (Å²) in [6.07, 6.45) is 1.55. The van der Waals surface area contributed by atoms with Gasteiger partial charge in [0, 0.05) is 10.6 Å². The predicted molar refractivity (Wildman–Crippen MR) is 91.3 cm³/mol. The van der Waals surface area contributed by atoms with Gasteiger partial charge in [-0.25, -0.2) is 4.79 Å². The minimum Gasteiger partial charge on any atom is -0.497 e. The number of fused-ring (bicyclic) bond motifs is 1. The third-order valence-electron chi connectivity index (χ3n) is 3.87. The number of methoxy groups -OCH3 is 2. The topological polar surface area (TPSA) is 57.1 Å². The van der Waals surface area contributed by atoms with Crippen molar-refractivity contribution >= 4 is 23.3 Å². The molecule has 0 saturated carbocycles. The van der Waals surface area contributed by atoms with Crippen LogP contribution in [-0.2, 0) is 11.3 Å². The predicted octanol–water partition coefficient (Wildman–Crippen LogP) is 3.86. The number of hydrogen-bond acceptors (Lipinski definition) is 5. The summed E-state index contributed by atoms with van der Waals surface area (Å²) >= 11 is 5.93. The molecule has 0 aromatic heterocycles. The van der Waals surface area contributed by atoms with Crippen LogP contribution in [0.5, 0.6) is 11.5 Å². The minimum absolute atomic E-state index is 0.238. The summed E-state index contributed by atoms with van der Waals surface area (Å²) in [6, 6.07) is 10.5. The van der Waals surface area contributed by atoms with Crippen LogP contribution in [0.3, 0.4) is 0 Å². The zero-order valence-corrected chi connectivity index (χ0v) is 14.1. The van der Waals surface area contributed by atoms with Gasteiger partial charge in [-0.15, -0.1) is 0 Å². The zero-order chi connectivity index (χ0) is 17.1. The highest BCUT2D eigenvalue weighted by molar-refractivity contribution is 6.31. The van der Waals surface area contributed by atoms with Crippen molar-refractivity contribution in [3.8, 4) is 11.5 Å². The Labute approximate surface area is 144 Å². The molecule has 0 bridgehead atoms. The first-order chi connectivity index (χ1) is 11.6. The van der Waals surface area contributed by atoms with Crippen LogP contribution < -0.4 is 9.47 Å². The molecule has 0 amide bonds. The fraction of sp³-hybridized carbons (Fsp3) is 0.222. The van der Waals surface area contributed by atoms with E-state index in [1.54, 1.807) is 19.2 Å². The number of carbonyl (C=O) groups excluding carboxylic acids is 1. The first kappa shape index (κ1) is 16.3. The quantitative estimate of drug-likeness (QED) is 0.623. The van der Waals surface area contributed by atoms with E-state index in [-0.39, 0.29) is 5.56 Å². The highest BCUT2D eigenvalue weighted by Gasteiger charge is 2.20. The van der Waals surface area contributed by atoms with Crippen molar-refractivity contribution in [1.82, 2.24) is 0 Å². The van der Waals surface area contributed by atoms with Gasteiger partial charge in [-0.3, -0.25) is 0 Å². The first-order valence-electron chi connectivity index (χ1n) is 7.41. The maximum atomic E-state index is 12.3. The van der Waals surface area contributed by atoms with Gasteiger partial charge in [-0.1, -0.05) is 16.8 Å². The van der Waals surface area contributed by atoms with Crippen LogP contribution in [0.4, 0.5) is 0 Å². The number of ether oxygens (including phenoxy) is 2. The Morgan fingerprint density at radius 2 is 1.92 bits per heavy atom. The Balaban J connectivity index is 1.81. The van der Waals surface area contributed by atoms with Gasteiger partial charge in [0.2, 0.25) is 0 Å². The van der Waals surface area contributed by atoms with Gasteiger partial charge >= 0.3 is 5.97 Å². The highest BCUT2D eigenvalue weighted by Crippen LogP contribution is 2.27. The van der Waals surface area contributed by atoms with E-state index in [4.69, 9.17) is 25.9 Å². The van der Waals surface area contributed by atoms with Gasteiger partial charge in [-0.2, -0.15) is 0 Å². The molecule has 2 aromatic carbocycles. The Morgan fingerprint density at radius 1 is 1.08 bits per heavy atom. The molecule has 0 N–H and O–H groups in total. The van der Waals surface area contributed by atoms with E-state index in [2.05, 4.69) is 5.16 Å². The van der Waals surface area contributed by atoms with E-state index >= 15 is 0 Å². The number of rotatable bonds is 4. The van der Waals surface area contributed by atoms with E-state index in [0.29, 0.717) is 17.2 Å². The third kappa shape index (κ3) is 3.21. The molecular formula is C18H16ClNO4. The monoisotopic (exact) mass is 345 g/mol. The Kier molecular flexibility index (Phi) is 4.71. The molecule has 2 aromatic rings. The molecule has 0 saturated heterocycles. The fourth-order valence-electron chi connectivity index (χ4n) is 2.65. The van der Waals surface area contributed by atoms with Crippen LogP contribution in [0.1, 0.15) is 27.9 Å². The molecule has 0 spiro atoms. The van der Waals surface area contributed by atoms with Gasteiger partial charge in [0.25, 0.3) is 0 Å². The third-order valence-corrected chi connectivity index (χ3v) is 4.11. The molecule has 0 heterocycles. The molecule has 6 heteroatoms. The standard InChI is InChI=1S/C18H16ClNO4/c1-22-13-5-6-14-11(9-13)3-7-16(14)20-24-18(21)15-10-12(19)4-8-17(15)23-2/h4-6,8-10H,3,7H2,1-2H3/b20-16+. The maximum absolute atomic E-state index is 12.3. The van der Waals surface area contributed by atoms with E-state index in [1.165, 1.54) is 13.2 Å². The molecule has 0 unspecified atom stereocenters. The summed E-state index contributed by atoms with van der Waals surface area (Å²) in [4.78, 5) is 17.4. The second kappa shape index (κ2) is 6.93. The van der Waals surface area contributed by atoms with E-state index in [9.17, 15) is 4.79 Å². The maximum Gasteiger partial charge on any atom is 0.369 e. The van der Waals surface area contributed by atoms with Crippen LogP contribution in [0.25, 0.3) is 0 Å². The number of aryl methyl sites for hydroxylation is 1. The van der Waals surface area contributed by atoms with Gasteiger partial charge in [0.1, 0.15) is 17.1 Å². The smallest absolute Gasteiger partial charge is 0.369 e. The van der Waals surface area contributed by atoms with Gasteiger partial charge < -0.3 is 14.3 Å². The highest BCUT2D eigenvalue weighted by atomic mass is 35.5. The van der Waals surface area contributed by atoms with Crippen molar-refractivity contribution in [3.63, 3.8) is 0 Å². The summed E-state index contributed by atoms with van der Waals surface area (Å²) in [5.74, 6) is 0.584. The SMILES string of the molecule is COc1ccc2c(c1)CC/C2=N\OC(=O)c1cc(Cl)ccc1OC. The first-order valence-corrected chi connectivity index (χ1v) is 7.79. The number of oxime groups is 1. The van der Waals surface area contributed by atoms with Gasteiger partial charge in [0.15, 0.2) is 0 Å². The van der Waals surface area contributed by atoms with E-state index in [0.717, 1.165) is 29.0 Å². The van der Waals surface area contributed by atoms with Crippen molar-refractivity contribution in [2.24, 2.45) is 5.16 Å². The summed E-state index contributed by atoms with van der Waals surface area (Å²) in [6.45, 7) is 0. The Morgan fingerprint density at radius 3 is 2.67 bits per heavy atom. The average Bonchev–Trinajstić information content (AvgIpc) is 3.01. The second-order valence-electron chi connectivity index (χ2n) is 5.28.